The molecule has 0 amide bonds. The molecule has 0 saturated heterocycles. The summed E-state index contributed by atoms with van der Waals surface area (Å²) >= 11 is -4.98. The van der Waals surface area contributed by atoms with Gasteiger partial charge in [-0.2, -0.15) is 0 Å². The van der Waals surface area contributed by atoms with Crippen LogP contribution in [0.25, 0.3) is 0 Å². The average Bonchev–Trinajstić information content (AvgIpc) is 1.97. The van der Waals surface area contributed by atoms with Gasteiger partial charge in [0.05, 0.1) is 0 Å². The van der Waals surface area contributed by atoms with Crippen LogP contribution < -0.4 is 27.4 Å². The molecule has 0 spiro atoms. The van der Waals surface area contributed by atoms with Crippen molar-refractivity contribution >= 4 is 20.1 Å². The van der Waals surface area contributed by atoms with E-state index in [1.165, 1.54) is 12.2 Å². The fraction of sp³-hybridized carbons (Fsp3) is 0.333. The van der Waals surface area contributed by atoms with Gasteiger partial charge in [-0.25, -0.2) is 0 Å². The quantitative estimate of drug-likeness (QED) is 0.261. The third-order valence-corrected chi connectivity index (χ3v) is 3.36. The molecule has 0 N–H and O–H groups in total. The van der Waals surface area contributed by atoms with Gasteiger partial charge in [0.15, 0.2) is 0 Å². The molecule has 0 aromatic carbocycles. The molecule has 0 atom stereocenters. The van der Waals surface area contributed by atoms with Crippen molar-refractivity contribution in [2.24, 2.45) is 0 Å². The van der Waals surface area contributed by atoms with Gasteiger partial charge in [-0.05, 0) is 0 Å². The Balaban J connectivity index is 0. The van der Waals surface area contributed by atoms with E-state index in [9.17, 15) is 6.40 Å². The van der Waals surface area contributed by atoms with Crippen molar-refractivity contribution in [3.05, 3.63) is 25.3 Å². The molecule has 0 saturated carbocycles. The van der Waals surface area contributed by atoms with Gasteiger partial charge in [-0.15, -0.1) is 0 Å². The minimum absolute atomic E-state index is 0. The first-order chi connectivity index (χ1) is 5.12. The second-order valence-corrected chi connectivity index (χ2v) is 5.64. The smallest absolute Gasteiger partial charge is 0.235 e. The first-order valence-corrected chi connectivity index (χ1v) is 7.11. The van der Waals surface area contributed by atoms with E-state index in [0.29, 0.717) is 0 Å². The van der Waals surface area contributed by atoms with Crippen molar-refractivity contribution in [3.63, 3.8) is 0 Å². The van der Waals surface area contributed by atoms with Gasteiger partial charge in [0.1, 0.15) is 0 Å². The zero-order valence-electron chi connectivity index (χ0n) is 6.51. The molecular weight excluding hydrogens is 385 g/mol. The minimum atomic E-state index is -4.98. The van der Waals surface area contributed by atoms with Gasteiger partial charge in [0.25, 0.3) is 0 Å². The monoisotopic (exact) mass is 396 g/mol. The SMILES string of the molecule is C=CC[O][Sb](=[O])([O-])[O]CC=C.[IH2+]. The van der Waals surface area contributed by atoms with Crippen LogP contribution in [0.2, 0.25) is 0 Å². The first kappa shape index (κ1) is 15.2. The normalized spacial score (nSPS) is 10.1. The molecule has 6 heteroatoms. The fourth-order valence-corrected chi connectivity index (χ4v) is 2.18. The van der Waals surface area contributed by atoms with Crippen LogP contribution in [0, 0.1) is 0 Å². The van der Waals surface area contributed by atoms with Gasteiger partial charge in [0, 0.05) is 0 Å². The molecule has 12 heavy (non-hydrogen) atoms. The zero-order chi connectivity index (χ0) is 8.74. The van der Waals surface area contributed by atoms with E-state index >= 15 is 0 Å². The van der Waals surface area contributed by atoms with Crippen molar-refractivity contribution in [1.82, 2.24) is 0 Å². The molecule has 0 bridgehead atoms. The van der Waals surface area contributed by atoms with Crippen molar-refractivity contribution in [2.75, 3.05) is 13.2 Å². The third-order valence-electron chi connectivity index (χ3n) is 0.701. The molecule has 0 heterocycles. The van der Waals surface area contributed by atoms with E-state index in [2.05, 4.69) is 19.2 Å². The molecule has 0 fully saturated rings. The Morgan fingerprint density at radius 1 is 1.25 bits per heavy atom. The van der Waals surface area contributed by atoms with E-state index in [4.69, 9.17) is 0 Å². The Morgan fingerprint density at radius 2 is 1.58 bits per heavy atom. The summed E-state index contributed by atoms with van der Waals surface area (Å²) in [6.45, 7) is 6.53. The first-order valence-electron chi connectivity index (χ1n) is 2.94. The summed E-state index contributed by atoms with van der Waals surface area (Å²) in [5, 5.41) is 0. The summed E-state index contributed by atoms with van der Waals surface area (Å²) in [5.74, 6) is 0. The molecule has 0 aromatic heterocycles. The van der Waals surface area contributed by atoms with Crippen LogP contribution in [-0.4, -0.2) is 33.3 Å². The Hall–Kier alpha value is 0.708. The van der Waals surface area contributed by atoms with Crippen molar-refractivity contribution < 1.29 is 36.4 Å². The van der Waals surface area contributed by atoms with E-state index < -0.39 is 20.1 Å². The number of halogens is 1. The van der Waals surface area contributed by atoms with E-state index in [1.54, 1.807) is 0 Å². The Bertz CT molecular complexity index is 166. The average molecular weight is 397 g/mol. The Labute approximate surface area is 94.3 Å². The minimum Gasteiger partial charge on any atom is 0.235 e. The molecule has 4 nitrogen and oxygen atoms in total. The molecule has 72 valence electrons. The van der Waals surface area contributed by atoms with E-state index in [0.717, 1.165) is 0 Å². The molecule has 0 unspecified atom stereocenters. The van der Waals surface area contributed by atoms with Gasteiger partial charge in [0.2, 0.25) is 24.0 Å². The van der Waals surface area contributed by atoms with Crippen LogP contribution in [0.5, 0.6) is 0 Å². The van der Waals surface area contributed by atoms with Gasteiger partial charge >= 0.3 is 71.0 Å². The summed E-state index contributed by atoms with van der Waals surface area (Å²) in [6, 6.07) is 0. The van der Waals surface area contributed by atoms with Gasteiger partial charge in [-0.3, -0.25) is 0 Å². The molecule has 0 radical (unpaired) electrons. The summed E-state index contributed by atoms with van der Waals surface area (Å²) in [4.78, 5) is 0. The molecule has 0 aliphatic carbocycles. The topological polar surface area (TPSA) is 58.6 Å². The molecule has 0 rings (SSSR count). The number of hydrogen-bond donors (Lipinski definition) is 0. The Kier molecular flexibility index (Phi) is 10.5. The van der Waals surface area contributed by atoms with E-state index in [1.807, 2.05) is 0 Å². The molecule has 0 aromatic rings. The van der Waals surface area contributed by atoms with Crippen molar-refractivity contribution in [3.8, 4) is 0 Å². The van der Waals surface area contributed by atoms with Crippen LogP contribution >= 0.6 is 0 Å². The molecule has 0 aliphatic heterocycles. The predicted octanol–water partition coefficient (Wildman–Crippen LogP) is -3.91. The summed E-state index contributed by atoms with van der Waals surface area (Å²) < 4.78 is 30.2. The van der Waals surface area contributed by atoms with Crippen LogP contribution in [0.1, 0.15) is 0 Å². The van der Waals surface area contributed by atoms with E-state index in [-0.39, 0.29) is 37.2 Å². The van der Waals surface area contributed by atoms with Gasteiger partial charge in [-0.1, -0.05) is 0 Å². The summed E-state index contributed by atoms with van der Waals surface area (Å²) in [6.07, 6.45) is 2.69. The van der Waals surface area contributed by atoms with Crippen LogP contribution in [0.3, 0.4) is 0 Å². The summed E-state index contributed by atoms with van der Waals surface area (Å²) in [5.41, 5.74) is 0. The van der Waals surface area contributed by atoms with Crippen LogP contribution in [-0.2, 0) is 9.05 Å². The zero-order valence-corrected chi connectivity index (χ0v) is 11.6. The largest absolute Gasteiger partial charge is 0.235 e. The fourth-order valence-electron chi connectivity index (χ4n) is 0.325. The second-order valence-electron chi connectivity index (χ2n) is 1.62. The van der Waals surface area contributed by atoms with Crippen molar-refractivity contribution in [1.29, 1.82) is 0 Å². The number of rotatable bonds is 6. The molecular formula is C6H12IO4Sb. The molecule has 0 aliphatic rings. The third kappa shape index (κ3) is 8.80. The maximum atomic E-state index is 10.7. The van der Waals surface area contributed by atoms with Crippen LogP contribution in [0.4, 0.5) is 0 Å². The second kappa shape index (κ2) is 8.31. The summed E-state index contributed by atoms with van der Waals surface area (Å²) in [7, 11) is 0. The maximum absolute atomic E-state index is 10.7. The van der Waals surface area contributed by atoms with Crippen molar-refractivity contribution in [2.45, 2.75) is 0 Å². The maximum Gasteiger partial charge on any atom is 0.235 e. The van der Waals surface area contributed by atoms with Crippen LogP contribution in [0.15, 0.2) is 25.3 Å². The standard InChI is InChI=1S/2C3H5O.H2I.2O.Sb/c2*1-2-3-4;;;;/h2*2H,1,3H2;1H2;;;/q2*-1;+1;;-1;+2. The predicted molar refractivity (Wildman–Crippen MR) is 41.5 cm³/mol. The Morgan fingerprint density at radius 3 is 1.83 bits per heavy atom. The number of hydrogen-bond acceptors (Lipinski definition) is 4. The van der Waals surface area contributed by atoms with Gasteiger partial charge < -0.3 is 0 Å².